The third-order valence-electron chi connectivity index (χ3n) is 12.3. The lowest BCUT2D eigenvalue weighted by Gasteiger charge is -2.21. The highest BCUT2D eigenvalue weighted by molar-refractivity contribution is 7.61. The average molecular weight is 1060 g/mol. The number of unbranched alkanes of at least 4 members (excludes halogenated alkanes) is 16. The zero-order valence-electron chi connectivity index (χ0n) is 43.1. The van der Waals surface area contributed by atoms with Gasteiger partial charge in [-0.1, -0.05) is 154 Å². The van der Waals surface area contributed by atoms with Crippen LogP contribution >= 0.6 is 15.6 Å². The Bertz CT molecular complexity index is 1930. The van der Waals surface area contributed by atoms with Gasteiger partial charge in [-0.3, -0.25) is 23.2 Å². The number of nitrogen functional groups attached to an aromatic ring is 1. The minimum absolute atomic E-state index is 0.0369. The Kier molecular flexibility index (Phi) is 31.6. The van der Waals surface area contributed by atoms with Gasteiger partial charge >= 0.3 is 33.3 Å². The summed E-state index contributed by atoms with van der Waals surface area (Å²) < 4.78 is 62.6. The van der Waals surface area contributed by atoms with Crippen molar-refractivity contribution in [3.63, 3.8) is 0 Å². The predicted octanol–water partition coefficient (Wildman–Crippen LogP) is 10.0. The molecule has 1 aromatic rings. The Balaban J connectivity index is 1.40. The van der Waals surface area contributed by atoms with Gasteiger partial charge in [-0.15, -0.1) is 0 Å². The van der Waals surface area contributed by atoms with Crippen LogP contribution in [0.25, 0.3) is 0 Å². The van der Waals surface area contributed by atoms with Crippen LogP contribution in [-0.4, -0.2) is 97.9 Å². The van der Waals surface area contributed by atoms with Crippen LogP contribution in [0, 0.1) is 5.92 Å². The normalized spacial score (nSPS) is 22.2. The van der Waals surface area contributed by atoms with Gasteiger partial charge in [0.25, 0.3) is 0 Å². The highest BCUT2D eigenvalue weighted by Crippen LogP contribution is 2.60. The number of hydrogen-bond donors (Lipinski definition) is 5. The lowest BCUT2D eigenvalue weighted by atomic mass is 10.0. The smallest absolute Gasteiger partial charge is 0.462 e. The molecule has 21 heteroatoms. The molecule has 3 heterocycles. The van der Waals surface area contributed by atoms with E-state index in [2.05, 4.69) is 54.4 Å². The standard InChI is InChI=1S/C51H87N3O16P2/c1-4-5-6-7-8-14-18-21-26-31-42-43(68-42)32-27-23-24-28-33-46(55)64-37-41(67-47(56)34-29-22-19-16-13-11-9-10-12-15-17-20-25-30-40(2)3)38-65-71(60,61)70-72(62,63)66-39-44-48(57)49(58)50(69-44)54-36-35-45(52)53-51(54)59/h8,14,21,23,26-27,35-36,40-44,48-50,57-58H,4-7,9-13,15-20,22,24-25,28-34,37-39H2,1-3H3,(H,60,61)(H,62,63)(H2,52,53,59)/b14-8-,26-21-,27-23-/t41-,42?,43?,44-,48-,49-,50-/m1/s1. The van der Waals surface area contributed by atoms with Gasteiger partial charge in [0.2, 0.25) is 0 Å². The van der Waals surface area contributed by atoms with E-state index in [1.807, 2.05) is 12.2 Å². The van der Waals surface area contributed by atoms with Gasteiger partial charge in [0, 0.05) is 19.0 Å². The van der Waals surface area contributed by atoms with E-state index < -0.39 is 83.7 Å². The van der Waals surface area contributed by atoms with Gasteiger partial charge in [-0.2, -0.15) is 9.29 Å². The second-order valence-corrected chi connectivity index (χ2v) is 22.3. The first-order valence-electron chi connectivity index (χ1n) is 26.5. The third-order valence-corrected chi connectivity index (χ3v) is 14.9. The van der Waals surface area contributed by atoms with Crippen molar-refractivity contribution in [2.24, 2.45) is 5.92 Å². The van der Waals surface area contributed by atoms with E-state index in [1.165, 1.54) is 83.1 Å². The number of epoxide rings is 1. The number of aliphatic hydroxyl groups excluding tert-OH is 2. The summed E-state index contributed by atoms with van der Waals surface area (Å²) in [6.07, 6.45) is 31.1. The van der Waals surface area contributed by atoms with Crippen LogP contribution in [0.5, 0.6) is 0 Å². The molecule has 2 aliphatic rings. The zero-order chi connectivity index (χ0) is 52.6. The molecule has 0 aromatic carbocycles. The van der Waals surface area contributed by atoms with E-state index in [4.69, 9.17) is 33.7 Å². The molecule has 72 heavy (non-hydrogen) atoms. The number of allylic oxidation sites excluding steroid dienone is 4. The van der Waals surface area contributed by atoms with Gasteiger partial charge in [-0.25, -0.2) is 13.9 Å². The van der Waals surface area contributed by atoms with Crippen molar-refractivity contribution in [3.05, 3.63) is 59.2 Å². The summed E-state index contributed by atoms with van der Waals surface area (Å²) in [5.41, 5.74) is 4.59. The minimum Gasteiger partial charge on any atom is -0.462 e. The Labute approximate surface area is 427 Å². The van der Waals surface area contributed by atoms with Crippen LogP contribution in [0.2, 0.25) is 0 Å². The van der Waals surface area contributed by atoms with Crippen molar-refractivity contribution in [1.82, 2.24) is 9.55 Å². The fraction of sp³-hybridized carbons (Fsp3) is 0.765. The molecule has 9 atom stereocenters. The number of nitrogens with zero attached hydrogens (tertiary/aromatic N) is 2. The molecule has 2 aliphatic heterocycles. The SMILES string of the molecule is CCCCC/C=C\C/C=C\CC1OC1C/C=C\CCCC(=O)OC[C@H](COP(=O)(O)OP(=O)(O)OC[C@H]1O[C@@H](n2ccc(N)nc2=O)[C@H](O)[C@@H]1O)OC(=O)CCCCCCCCCCCCCCCC(C)C. The van der Waals surface area contributed by atoms with Crippen LogP contribution in [0.4, 0.5) is 5.82 Å². The van der Waals surface area contributed by atoms with Gasteiger partial charge < -0.3 is 44.7 Å². The number of esters is 2. The first-order valence-corrected chi connectivity index (χ1v) is 29.5. The molecule has 412 valence electrons. The number of anilines is 1. The maximum Gasteiger partial charge on any atom is 0.481 e. The molecule has 0 amide bonds. The zero-order valence-corrected chi connectivity index (χ0v) is 44.9. The number of carbonyl (C=O) groups is 2. The van der Waals surface area contributed by atoms with E-state index in [9.17, 15) is 43.5 Å². The number of nitrogens with two attached hydrogens (primary N) is 1. The highest BCUT2D eigenvalue weighted by atomic mass is 31.3. The van der Waals surface area contributed by atoms with Gasteiger partial charge in [0.05, 0.1) is 25.4 Å². The fourth-order valence-corrected chi connectivity index (χ4v) is 10.2. The first kappa shape index (κ1) is 63.2. The second-order valence-electron chi connectivity index (χ2n) is 19.2. The number of aromatic nitrogens is 2. The first-order chi connectivity index (χ1) is 34.5. The lowest BCUT2D eigenvalue weighted by molar-refractivity contribution is -0.161. The molecule has 0 aliphatic carbocycles. The molecule has 4 unspecified atom stereocenters. The second kappa shape index (κ2) is 36.0. The maximum absolute atomic E-state index is 12.9. The van der Waals surface area contributed by atoms with E-state index in [0.717, 1.165) is 68.0 Å². The molecule has 0 saturated carbocycles. The molecule has 1 aromatic heterocycles. The summed E-state index contributed by atoms with van der Waals surface area (Å²) in [6.45, 7) is 4.39. The third kappa shape index (κ3) is 28.6. The molecule has 6 N–H and O–H groups in total. The van der Waals surface area contributed by atoms with E-state index >= 15 is 0 Å². The molecule has 2 saturated heterocycles. The van der Waals surface area contributed by atoms with Crippen LogP contribution in [0.1, 0.15) is 188 Å². The molecular formula is C51H87N3O16P2. The molecule has 2 fully saturated rings. The van der Waals surface area contributed by atoms with Gasteiger partial charge in [0.1, 0.15) is 30.7 Å². The maximum atomic E-state index is 12.9. The summed E-state index contributed by atoms with van der Waals surface area (Å²) in [7, 11) is -10.9. The number of aliphatic hydroxyl groups is 2. The Hall–Kier alpha value is -3.06. The van der Waals surface area contributed by atoms with Crippen molar-refractivity contribution >= 4 is 33.4 Å². The molecule has 3 rings (SSSR count). The highest BCUT2D eigenvalue weighted by Gasteiger charge is 2.46. The van der Waals surface area contributed by atoms with Crippen LogP contribution in [-0.2, 0) is 51.0 Å². The van der Waals surface area contributed by atoms with Crippen molar-refractivity contribution in [1.29, 1.82) is 0 Å². The van der Waals surface area contributed by atoms with Crippen molar-refractivity contribution in [2.45, 2.75) is 224 Å². The van der Waals surface area contributed by atoms with E-state index in [-0.39, 0.29) is 30.9 Å². The van der Waals surface area contributed by atoms with E-state index in [0.29, 0.717) is 19.3 Å². The number of hydrogen-bond acceptors (Lipinski definition) is 16. The largest absolute Gasteiger partial charge is 0.481 e. The molecule has 0 bridgehead atoms. The van der Waals surface area contributed by atoms with Gasteiger partial charge in [0.15, 0.2) is 12.3 Å². The molecule has 19 nitrogen and oxygen atoms in total. The summed E-state index contributed by atoms with van der Waals surface area (Å²) in [5, 5.41) is 20.9. The van der Waals surface area contributed by atoms with Crippen LogP contribution in [0.3, 0.4) is 0 Å². The summed E-state index contributed by atoms with van der Waals surface area (Å²) >= 11 is 0. The molecule has 0 spiro atoms. The number of phosphoric acid groups is 2. The van der Waals surface area contributed by atoms with E-state index in [1.54, 1.807) is 0 Å². The lowest BCUT2D eigenvalue weighted by Crippen LogP contribution is -2.36. The van der Waals surface area contributed by atoms with Crippen LogP contribution in [0.15, 0.2) is 53.5 Å². The van der Waals surface area contributed by atoms with Crippen molar-refractivity contribution < 1.29 is 71.0 Å². The summed E-state index contributed by atoms with van der Waals surface area (Å²) in [5.74, 6) is -0.587. The average Bonchev–Trinajstić information content (AvgIpc) is 4.02. The van der Waals surface area contributed by atoms with Crippen LogP contribution < -0.4 is 11.4 Å². The quantitative estimate of drug-likeness (QED) is 0.0134. The molecular weight excluding hydrogens is 973 g/mol. The fourth-order valence-electron chi connectivity index (χ4n) is 8.06. The Morgan fingerprint density at radius 2 is 1.29 bits per heavy atom. The topological polar surface area (TPSA) is 278 Å². The monoisotopic (exact) mass is 1060 g/mol. The number of phosphoric ester groups is 2. The number of ether oxygens (including phenoxy) is 4. The summed E-state index contributed by atoms with van der Waals surface area (Å²) in [6, 6.07) is 1.25. The Morgan fingerprint density at radius 3 is 1.93 bits per heavy atom. The minimum atomic E-state index is -5.44. The Morgan fingerprint density at radius 1 is 0.722 bits per heavy atom. The summed E-state index contributed by atoms with van der Waals surface area (Å²) in [4.78, 5) is 62.0. The molecule has 0 radical (unpaired) electrons. The van der Waals surface area contributed by atoms with Crippen molar-refractivity contribution in [2.75, 3.05) is 25.6 Å². The predicted molar refractivity (Wildman–Crippen MR) is 274 cm³/mol. The number of rotatable bonds is 42. The number of carbonyl (C=O) groups excluding carboxylic acids is 2. The van der Waals surface area contributed by atoms with Crippen molar-refractivity contribution in [3.8, 4) is 0 Å². The van der Waals surface area contributed by atoms with Gasteiger partial charge in [-0.05, 0) is 63.4 Å².